The van der Waals surface area contributed by atoms with Crippen molar-refractivity contribution in [3.8, 4) is 11.4 Å². The zero-order valence-corrected chi connectivity index (χ0v) is 10.5. The largest absolute Gasteiger partial charge is 0.485 e. The molecule has 0 amide bonds. The molecule has 2 aromatic rings. The number of hydrogen-bond donors (Lipinski definition) is 0. The van der Waals surface area contributed by atoms with Gasteiger partial charge < -0.3 is 4.74 Å². The van der Waals surface area contributed by atoms with Gasteiger partial charge in [-0.3, -0.25) is 4.98 Å². The lowest BCUT2D eigenvalue weighted by Crippen LogP contribution is -2.21. The Morgan fingerprint density at radius 1 is 1.16 bits per heavy atom. The van der Waals surface area contributed by atoms with Crippen LogP contribution in [0.1, 0.15) is 32.1 Å². The Labute approximate surface area is 110 Å². The summed E-state index contributed by atoms with van der Waals surface area (Å²) in [5.41, 5.74) is 0.489. The summed E-state index contributed by atoms with van der Waals surface area (Å²) in [4.78, 5) is 7.71. The Morgan fingerprint density at radius 2 is 2.00 bits per heavy atom. The highest BCUT2D eigenvalue weighted by molar-refractivity contribution is 5.44. The molecule has 1 fully saturated rings. The van der Waals surface area contributed by atoms with Crippen molar-refractivity contribution in [1.29, 1.82) is 0 Å². The average Bonchev–Trinajstić information content (AvgIpc) is 2.96. The number of rotatable bonds is 3. The summed E-state index contributed by atoms with van der Waals surface area (Å²) in [6.45, 7) is 0. The molecule has 0 spiro atoms. The van der Waals surface area contributed by atoms with E-state index in [1.165, 1.54) is 36.2 Å². The van der Waals surface area contributed by atoms with E-state index in [9.17, 15) is 4.39 Å². The third-order valence-electron chi connectivity index (χ3n) is 3.34. The summed E-state index contributed by atoms with van der Waals surface area (Å²) in [6.07, 6.45) is 11.1. The maximum atomic E-state index is 13.9. The molecule has 19 heavy (non-hydrogen) atoms. The van der Waals surface area contributed by atoms with Gasteiger partial charge in [-0.15, -0.1) is 0 Å². The van der Waals surface area contributed by atoms with Crippen molar-refractivity contribution in [3.63, 3.8) is 0 Å². The minimum Gasteiger partial charge on any atom is -0.485 e. The highest BCUT2D eigenvalue weighted by atomic mass is 19.1. The summed E-state index contributed by atoms with van der Waals surface area (Å²) in [7, 11) is 0. The summed E-state index contributed by atoms with van der Waals surface area (Å²) < 4.78 is 21.3. The van der Waals surface area contributed by atoms with Gasteiger partial charge in [0.2, 0.25) is 0 Å². The van der Waals surface area contributed by atoms with E-state index in [0.29, 0.717) is 5.69 Å². The zero-order valence-electron chi connectivity index (χ0n) is 10.5. The second-order valence-electron chi connectivity index (χ2n) is 4.69. The first kappa shape index (κ1) is 12.1. The molecule has 2 heterocycles. The van der Waals surface area contributed by atoms with Crippen LogP contribution in [0.3, 0.4) is 0 Å². The van der Waals surface area contributed by atoms with Crippen LogP contribution < -0.4 is 4.74 Å². The molecule has 0 unspecified atom stereocenters. The molecule has 0 aliphatic heterocycles. The van der Waals surface area contributed by atoms with Crippen molar-refractivity contribution in [2.75, 3.05) is 0 Å². The van der Waals surface area contributed by atoms with Crippen LogP contribution in [0, 0.1) is 5.82 Å². The fourth-order valence-corrected chi connectivity index (χ4v) is 2.38. The van der Waals surface area contributed by atoms with Crippen molar-refractivity contribution < 1.29 is 9.13 Å². The number of ether oxygens (including phenoxy) is 1. The molecule has 3 rings (SSSR count). The van der Waals surface area contributed by atoms with E-state index in [4.69, 9.17) is 4.74 Å². The summed E-state index contributed by atoms with van der Waals surface area (Å²) in [5.74, 6) is -0.244. The molecule has 0 N–H and O–H groups in total. The Hall–Kier alpha value is -1.98. The van der Waals surface area contributed by atoms with Crippen LogP contribution in [0.2, 0.25) is 0 Å². The lowest BCUT2D eigenvalue weighted by molar-refractivity contribution is 0.148. The summed E-state index contributed by atoms with van der Waals surface area (Å²) in [6, 6.07) is 0. The second kappa shape index (κ2) is 5.34. The van der Waals surface area contributed by atoms with Crippen LogP contribution in [0.15, 0.2) is 25.0 Å². The van der Waals surface area contributed by atoms with E-state index < -0.39 is 5.82 Å². The predicted molar refractivity (Wildman–Crippen MR) is 66.6 cm³/mol. The first-order valence-corrected chi connectivity index (χ1v) is 6.50. The highest BCUT2D eigenvalue weighted by Gasteiger charge is 2.20. The quantitative estimate of drug-likeness (QED) is 0.852. The monoisotopic (exact) mass is 262 g/mol. The van der Waals surface area contributed by atoms with Crippen LogP contribution >= 0.6 is 0 Å². The van der Waals surface area contributed by atoms with Gasteiger partial charge in [0, 0.05) is 0 Å². The Balaban J connectivity index is 1.90. The van der Waals surface area contributed by atoms with Crippen molar-refractivity contribution in [3.05, 3.63) is 30.9 Å². The molecule has 1 aliphatic rings. The lowest BCUT2D eigenvalue weighted by atomic mass is 9.98. The molecule has 0 saturated heterocycles. The number of nitrogens with zero attached hydrogens (tertiary/aromatic N) is 4. The van der Waals surface area contributed by atoms with Crippen LogP contribution in [0.5, 0.6) is 5.75 Å². The average molecular weight is 262 g/mol. The standard InChI is InChI=1S/C13H15FN4O/c14-11-6-15-7-12(18-9-16-8-17-18)13(11)19-10-4-2-1-3-5-10/h6-10H,1-5H2. The first-order chi connectivity index (χ1) is 9.34. The van der Waals surface area contributed by atoms with Crippen molar-refractivity contribution in [1.82, 2.24) is 19.7 Å². The minimum atomic E-state index is -0.460. The van der Waals surface area contributed by atoms with E-state index in [1.54, 1.807) is 0 Å². The van der Waals surface area contributed by atoms with Crippen molar-refractivity contribution in [2.45, 2.75) is 38.2 Å². The topological polar surface area (TPSA) is 52.8 Å². The fourth-order valence-electron chi connectivity index (χ4n) is 2.38. The highest BCUT2D eigenvalue weighted by Crippen LogP contribution is 2.29. The van der Waals surface area contributed by atoms with Crippen molar-refractivity contribution in [2.24, 2.45) is 0 Å². The van der Waals surface area contributed by atoms with Crippen LogP contribution in [0.4, 0.5) is 4.39 Å². The van der Waals surface area contributed by atoms with E-state index in [-0.39, 0.29) is 11.9 Å². The van der Waals surface area contributed by atoms with Crippen LogP contribution in [-0.4, -0.2) is 25.9 Å². The van der Waals surface area contributed by atoms with Crippen molar-refractivity contribution >= 4 is 0 Å². The Kier molecular flexibility index (Phi) is 3.39. The zero-order chi connectivity index (χ0) is 13.1. The number of pyridine rings is 1. The maximum absolute atomic E-state index is 13.9. The first-order valence-electron chi connectivity index (χ1n) is 6.50. The molecule has 0 bridgehead atoms. The molecular weight excluding hydrogens is 247 g/mol. The normalized spacial score (nSPS) is 16.5. The van der Waals surface area contributed by atoms with Crippen LogP contribution in [0.25, 0.3) is 5.69 Å². The summed E-state index contributed by atoms with van der Waals surface area (Å²) >= 11 is 0. The minimum absolute atomic E-state index is 0.0768. The third-order valence-corrected chi connectivity index (χ3v) is 3.34. The second-order valence-corrected chi connectivity index (χ2v) is 4.69. The van der Waals surface area contributed by atoms with Gasteiger partial charge in [-0.05, 0) is 25.7 Å². The molecular formula is C13H15FN4O. The molecule has 5 nitrogen and oxygen atoms in total. The van der Waals surface area contributed by atoms with Gasteiger partial charge in [0.15, 0.2) is 11.6 Å². The molecule has 1 aliphatic carbocycles. The van der Waals surface area contributed by atoms with Gasteiger partial charge >= 0.3 is 0 Å². The number of halogens is 1. The van der Waals surface area contributed by atoms with E-state index in [1.807, 2.05) is 0 Å². The molecule has 2 aromatic heterocycles. The lowest BCUT2D eigenvalue weighted by Gasteiger charge is -2.24. The summed E-state index contributed by atoms with van der Waals surface area (Å²) in [5, 5.41) is 4.00. The molecule has 6 heteroatoms. The van der Waals surface area contributed by atoms with E-state index in [0.717, 1.165) is 25.7 Å². The van der Waals surface area contributed by atoms with Gasteiger partial charge in [-0.25, -0.2) is 14.1 Å². The fraction of sp³-hybridized carbons (Fsp3) is 0.462. The SMILES string of the molecule is Fc1cncc(-n2cncn2)c1OC1CCCCC1. The third kappa shape index (κ3) is 2.57. The molecule has 1 saturated carbocycles. The molecule has 0 atom stereocenters. The van der Waals surface area contributed by atoms with Gasteiger partial charge in [0.1, 0.15) is 18.3 Å². The Bertz CT molecular complexity index is 538. The Morgan fingerprint density at radius 3 is 2.74 bits per heavy atom. The number of aromatic nitrogens is 4. The van der Waals surface area contributed by atoms with E-state index in [2.05, 4.69) is 15.1 Å². The predicted octanol–water partition coefficient (Wildman–Crippen LogP) is 2.51. The molecule has 0 aromatic carbocycles. The van der Waals surface area contributed by atoms with E-state index >= 15 is 0 Å². The van der Waals surface area contributed by atoms with Gasteiger partial charge in [-0.2, -0.15) is 5.10 Å². The van der Waals surface area contributed by atoms with Gasteiger partial charge in [0.25, 0.3) is 0 Å². The smallest absolute Gasteiger partial charge is 0.185 e. The molecule has 100 valence electrons. The van der Waals surface area contributed by atoms with Gasteiger partial charge in [0.05, 0.1) is 18.5 Å². The number of hydrogen-bond acceptors (Lipinski definition) is 4. The molecule has 0 radical (unpaired) electrons. The van der Waals surface area contributed by atoms with Crippen LogP contribution in [-0.2, 0) is 0 Å². The van der Waals surface area contributed by atoms with Gasteiger partial charge in [-0.1, -0.05) is 6.42 Å². The maximum Gasteiger partial charge on any atom is 0.185 e.